The van der Waals surface area contributed by atoms with Crippen molar-refractivity contribution in [3.8, 4) is 0 Å². The van der Waals surface area contributed by atoms with Crippen molar-refractivity contribution in [1.29, 1.82) is 0 Å². The van der Waals surface area contributed by atoms with E-state index in [1.54, 1.807) is 26.0 Å². The quantitative estimate of drug-likeness (QED) is 0.800. The summed E-state index contributed by atoms with van der Waals surface area (Å²) in [6.07, 6.45) is 1.40. The minimum absolute atomic E-state index is 0.0630. The number of halogens is 2. The van der Waals surface area contributed by atoms with Crippen molar-refractivity contribution in [2.24, 2.45) is 0 Å². The lowest BCUT2D eigenvalue weighted by Crippen LogP contribution is -2.31. The number of anilines is 1. The number of nitrogens with one attached hydrogen (secondary N) is 1. The van der Waals surface area contributed by atoms with E-state index in [9.17, 15) is 13.2 Å². The van der Waals surface area contributed by atoms with Crippen molar-refractivity contribution in [3.05, 3.63) is 52.1 Å². The molecule has 2 aromatic rings. The Morgan fingerprint density at radius 3 is 2.40 bits per heavy atom. The van der Waals surface area contributed by atoms with Gasteiger partial charge in [0, 0.05) is 24.8 Å². The molecule has 2 rings (SSSR count). The maximum Gasteiger partial charge on any atom is 0.256 e. The van der Waals surface area contributed by atoms with Crippen LogP contribution >= 0.6 is 23.2 Å². The molecule has 0 fully saturated rings. The fourth-order valence-electron chi connectivity index (χ4n) is 2.18. The van der Waals surface area contributed by atoms with Gasteiger partial charge in [-0.1, -0.05) is 37.0 Å². The van der Waals surface area contributed by atoms with Gasteiger partial charge in [-0.15, -0.1) is 0 Å². The Bertz CT molecular complexity index is 867. The van der Waals surface area contributed by atoms with Crippen molar-refractivity contribution >= 4 is 45.0 Å². The molecule has 1 heterocycles. The van der Waals surface area contributed by atoms with E-state index in [1.807, 2.05) is 0 Å². The van der Waals surface area contributed by atoms with Crippen molar-refractivity contribution < 1.29 is 13.2 Å². The summed E-state index contributed by atoms with van der Waals surface area (Å²) in [4.78, 5) is 16.2. The number of hydrogen-bond donors (Lipinski definition) is 1. The van der Waals surface area contributed by atoms with Crippen LogP contribution in [0.4, 0.5) is 5.82 Å². The normalized spacial score (nSPS) is 11.6. The van der Waals surface area contributed by atoms with Crippen molar-refractivity contribution in [2.75, 3.05) is 18.4 Å². The molecule has 0 aliphatic heterocycles. The topological polar surface area (TPSA) is 79.4 Å². The van der Waals surface area contributed by atoms with Crippen LogP contribution in [0.5, 0.6) is 0 Å². The summed E-state index contributed by atoms with van der Waals surface area (Å²) >= 11 is 11.8. The zero-order valence-corrected chi connectivity index (χ0v) is 16.0. The second-order valence-corrected chi connectivity index (χ2v) is 7.80. The molecule has 25 heavy (non-hydrogen) atoms. The highest BCUT2D eigenvalue weighted by molar-refractivity contribution is 7.89. The molecule has 0 aliphatic rings. The van der Waals surface area contributed by atoms with E-state index in [4.69, 9.17) is 23.2 Å². The molecular weight excluding hydrogens is 385 g/mol. The van der Waals surface area contributed by atoms with E-state index in [0.717, 1.165) is 0 Å². The Morgan fingerprint density at radius 1 is 1.16 bits per heavy atom. The molecule has 1 N–H and O–H groups in total. The molecule has 0 saturated carbocycles. The summed E-state index contributed by atoms with van der Waals surface area (Å²) in [6.45, 7) is 4.08. The molecule has 1 amide bonds. The molecule has 1 aromatic heterocycles. The lowest BCUT2D eigenvalue weighted by Gasteiger charge is -2.19. The zero-order valence-electron chi connectivity index (χ0n) is 13.7. The highest BCUT2D eigenvalue weighted by Crippen LogP contribution is 2.26. The lowest BCUT2D eigenvalue weighted by atomic mass is 10.2. The van der Waals surface area contributed by atoms with Crippen LogP contribution in [0.3, 0.4) is 0 Å². The van der Waals surface area contributed by atoms with Gasteiger partial charge in [0.15, 0.2) is 0 Å². The van der Waals surface area contributed by atoms with E-state index in [2.05, 4.69) is 10.3 Å². The Hall–Kier alpha value is -1.67. The Morgan fingerprint density at radius 2 is 1.84 bits per heavy atom. The number of sulfonamides is 1. The average molecular weight is 402 g/mol. The maximum atomic E-state index is 12.7. The van der Waals surface area contributed by atoms with Gasteiger partial charge in [0.1, 0.15) is 10.7 Å². The van der Waals surface area contributed by atoms with Gasteiger partial charge in [-0.05, 0) is 30.3 Å². The molecular formula is C16H17Cl2N3O3S. The lowest BCUT2D eigenvalue weighted by molar-refractivity contribution is 0.102. The van der Waals surface area contributed by atoms with E-state index in [0.29, 0.717) is 23.9 Å². The molecule has 0 saturated heterocycles. The van der Waals surface area contributed by atoms with Crippen molar-refractivity contribution in [1.82, 2.24) is 9.29 Å². The molecule has 9 heteroatoms. The number of hydrogen-bond acceptors (Lipinski definition) is 4. The fourth-order valence-corrected chi connectivity index (χ4v) is 4.25. The average Bonchev–Trinajstić information content (AvgIpc) is 2.58. The van der Waals surface area contributed by atoms with Crippen LogP contribution in [0.1, 0.15) is 24.2 Å². The number of rotatable bonds is 6. The van der Waals surface area contributed by atoms with Crippen molar-refractivity contribution in [2.45, 2.75) is 18.7 Å². The highest BCUT2D eigenvalue weighted by Gasteiger charge is 2.25. The third-order valence-corrected chi connectivity index (χ3v) is 6.24. The van der Waals surface area contributed by atoms with E-state index >= 15 is 0 Å². The predicted molar refractivity (Wildman–Crippen MR) is 98.8 cm³/mol. The van der Waals surface area contributed by atoms with Gasteiger partial charge in [-0.3, -0.25) is 4.79 Å². The number of pyridine rings is 1. The number of benzene rings is 1. The van der Waals surface area contributed by atoms with E-state index < -0.39 is 15.9 Å². The summed E-state index contributed by atoms with van der Waals surface area (Å²) in [6, 6.07) is 7.24. The van der Waals surface area contributed by atoms with Gasteiger partial charge in [0.25, 0.3) is 5.91 Å². The molecule has 0 aliphatic carbocycles. The first-order chi connectivity index (χ1) is 11.8. The first-order valence-electron chi connectivity index (χ1n) is 7.52. The second kappa shape index (κ2) is 8.14. The molecule has 0 atom stereocenters. The molecule has 0 radical (unpaired) electrons. The van der Waals surface area contributed by atoms with Gasteiger partial charge >= 0.3 is 0 Å². The number of carbonyl (C=O) groups is 1. The summed E-state index contributed by atoms with van der Waals surface area (Å²) in [5.41, 5.74) is 0.159. The number of aromatic nitrogens is 1. The van der Waals surface area contributed by atoms with Gasteiger partial charge in [-0.25, -0.2) is 13.4 Å². The maximum absolute atomic E-state index is 12.7. The SMILES string of the molecule is CCN(CC)S(=O)(=O)c1cc(C(=O)Nc2ccc(Cl)cn2)ccc1Cl. The highest BCUT2D eigenvalue weighted by atomic mass is 35.5. The zero-order chi connectivity index (χ0) is 18.6. The van der Waals surface area contributed by atoms with Gasteiger partial charge < -0.3 is 5.32 Å². The van der Waals surface area contributed by atoms with Gasteiger partial charge in [-0.2, -0.15) is 4.31 Å². The van der Waals surface area contributed by atoms with E-state index in [1.165, 1.54) is 28.7 Å². The Labute approximate surface area is 156 Å². The largest absolute Gasteiger partial charge is 0.307 e. The monoisotopic (exact) mass is 401 g/mol. The number of carbonyl (C=O) groups excluding carboxylic acids is 1. The molecule has 6 nitrogen and oxygen atoms in total. The Balaban J connectivity index is 2.35. The summed E-state index contributed by atoms with van der Waals surface area (Å²) in [5, 5.41) is 3.09. The van der Waals surface area contributed by atoms with E-state index in [-0.39, 0.29) is 15.5 Å². The minimum Gasteiger partial charge on any atom is -0.307 e. The first kappa shape index (κ1) is 19.7. The predicted octanol–water partition coefficient (Wildman–Crippen LogP) is 3.67. The second-order valence-electron chi connectivity index (χ2n) is 5.05. The molecule has 0 spiro atoms. The summed E-state index contributed by atoms with van der Waals surface area (Å²) in [7, 11) is -3.78. The standard InChI is InChI=1S/C16H17Cl2N3O3S/c1-3-21(4-2)25(23,24)14-9-11(5-7-13(14)18)16(22)20-15-8-6-12(17)10-19-15/h5-10H,3-4H2,1-2H3,(H,19,20,22). The minimum atomic E-state index is -3.78. The van der Waals surface area contributed by atoms with Gasteiger partial charge in [0.05, 0.1) is 10.0 Å². The third-order valence-electron chi connectivity index (χ3n) is 3.49. The number of nitrogens with zero attached hydrogens (tertiary/aromatic N) is 2. The van der Waals surface area contributed by atoms with Gasteiger partial charge in [0.2, 0.25) is 10.0 Å². The molecule has 0 bridgehead atoms. The fraction of sp³-hybridized carbons (Fsp3) is 0.250. The first-order valence-corrected chi connectivity index (χ1v) is 9.71. The number of amides is 1. The molecule has 134 valence electrons. The summed E-state index contributed by atoms with van der Waals surface area (Å²) in [5.74, 6) is -0.194. The van der Waals surface area contributed by atoms with Crippen molar-refractivity contribution in [3.63, 3.8) is 0 Å². The van der Waals surface area contributed by atoms with Crippen LogP contribution in [0.15, 0.2) is 41.4 Å². The van der Waals surface area contributed by atoms with Crippen LogP contribution < -0.4 is 5.32 Å². The van der Waals surface area contributed by atoms with Crippen LogP contribution in [-0.2, 0) is 10.0 Å². The molecule has 0 unspecified atom stereocenters. The van der Waals surface area contributed by atoms with Crippen LogP contribution in [0.2, 0.25) is 10.0 Å². The van der Waals surface area contributed by atoms with Crippen LogP contribution in [0, 0.1) is 0 Å². The summed E-state index contributed by atoms with van der Waals surface area (Å²) < 4.78 is 26.6. The molecule has 1 aromatic carbocycles. The van der Waals surface area contributed by atoms with Crippen LogP contribution in [0.25, 0.3) is 0 Å². The Kier molecular flexibility index (Phi) is 6.40. The van der Waals surface area contributed by atoms with Crippen LogP contribution in [-0.4, -0.2) is 36.7 Å². The smallest absolute Gasteiger partial charge is 0.256 e. The third kappa shape index (κ3) is 4.49.